The van der Waals surface area contributed by atoms with Crippen LogP contribution in [-0.2, 0) is 4.74 Å². The summed E-state index contributed by atoms with van der Waals surface area (Å²) in [6.45, 7) is -0.747. The molecule has 1 fully saturated rings. The summed E-state index contributed by atoms with van der Waals surface area (Å²) in [6, 6.07) is 37.5. The zero-order valence-electron chi connectivity index (χ0n) is 41.5. The van der Waals surface area contributed by atoms with Gasteiger partial charge in [0.2, 0.25) is 6.29 Å². The molecule has 0 radical (unpaired) electrons. The smallest absolute Gasteiger partial charge is 0.229 e. The quantitative estimate of drug-likeness (QED) is 0.0688. The SMILES string of the molecule is OC[C@H]1O[C@@H](Oc2cc3c4c(c2)[C@@H]([C@@H]2c5cc(O)cc6c5[C@@H](c5cc(O)cc(O)c5[C@H]2c2ccc(O)cc2)[C@H](c2ccc(O)cc2)O6)[C@H](c2ccc(O)cc2)c2c(O)cc(O)cc2[C@H]4[C@H](c2ccc(O)cc2)O3)[C@H](O)[C@@H](O)[C@@H]1O. The summed E-state index contributed by atoms with van der Waals surface area (Å²) in [5.74, 6) is -7.14. The summed E-state index contributed by atoms with van der Waals surface area (Å²) >= 11 is 0. The maximum atomic E-state index is 12.8. The van der Waals surface area contributed by atoms with Crippen molar-refractivity contribution < 1.29 is 85.3 Å². The van der Waals surface area contributed by atoms with Crippen molar-refractivity contribution in [2.75, 3.05) is 6.61 Å². The topological polar surface area (TPSA) is 300 Å². The van der Waals surface area contributed by atoms with Crippen LogP contribution in [0.25, 0.3) is 0 Å². The molecule has 2 aliphatic carbocycles. The minimum atomic E-state index is -1.85. The minimum absolute atomic E-state index is 0.00613. The highest BCUT2D eigenvalue weighted by Gasteiger charge is 2.55. The first-order chi connectivity index (χ1) is 38.0. The van der Waals surface area contributed by atoms with E-state index in [9.17, 15) is 66.4 Å². The van der Waals surface area contributed by atoms with E-state index >= 15 is 0 Å². The fraction of sp³-hybridized carbons (Fsp3) is 0.226. The zero-order valence-corrected chi connectivity index (χ0v) is 41.5. The number of aliphatic hydroxyl groups excluding tert-OH is 4. The minimum Gasteiger partial charge on any atom is -0.508 e. The number of phenols is 9. The van der Waals surface area contributed by atoms with Gasteiger partial charge in [0, 0.05) is 70.2 Å². The van der Waals surface area contributed by atoms with Crippen molar-refractivity contribution in [3.8, 4) is 69.0 Å². The second kappa shape index (κ2) is 18.7. The Hall–Kier alpha value is -8.84. The van der Waals surface area contributed by atoms with Gasteiger partial charge in [-0.05, 0) is 117 Å². The number of benzene rings is 8. The van der Waals surface area contributed by atoms with Gasteiger partial charge in [0.25, 0.3) is 0 Å². The molecule has 0 unspecified atom stereocenters. The van der Waals surface area contributed by atoms with Gasteiger partial charge in [0.1, 0.15) is 106 Å². The summed E-state index contributed by atoms with van der Waals surface area (Å²) in [5.41, 5.74) is 5.70. The van der Waals surface area contributed by atoms with Crippen molar-refractivity contribution in [1.29, 1.82) is 0 Å². The van der Waals surface area contributed by atoms with Crippen molar-refractivity contribution in [2.24, 2.45) is 0 Å². The summed E-state index contributed by atoms with van der Waals surface area (Å²) < 4.78 is 26.4. The van der Waals surface area contributed by atoms with Crippen LogP contribution >= 0.6 is 0 Å². The fourth-order valence-electron chi connectivity index (χ4n) is 13.3. The number of ether oxygens (including phenoxy) is 4. The molecule has 1 saturated heterocycles. The van der Waals surface area contributed by atoms with Crippen LogP contribution in [0.5, 0.6) is 69.0 Å². The molecule has 0 saturated carbocycles. The number of aromatic hydroxyl groups is 9. The Balaban J connectivity index is 1.18. The molecule has 0 spiro atoms. The number of phenolic OH excluding ortho intramolecular Hbond substituents is 9. The van der Waals surface area contributed by atoms with Crippen molar-refractivity contribution in [3.05, 3.63) is 212 Å². The molecular weight excluding hydrogens is 1020 g/mol. The van der Waals surface area contributed by atoms with Crippen LogP contribution in [0.3, 0.4) is 0 Å². The Bertz CT molecular complexity index is 3680. The maximum Gasteiger partial charge on any atom is 0.229 e. The van der Waals surface area contributed by atoms with Gasteiger partial charge >= 0.3 is 0 Å². The van der Waals surface area contributed by atoms with Crippen molar-refractivity contribution in [1.82, 2.24) is 0 Å². The van der Waals surface area contributed by atoms with E-state index in [1.165, 1.54) is 66.7 Å². The third kappa shape index (κ3) is 8.02. The Labute approximate surface area is 450 Å². The van der Waals surface area contributed by atoms with E-state index in [0.29, 0.717) is 66.8 Å². The second-order valence-electron chi connectivity index (χ2n) is 21.0. The Morgan fingerprint density at radius 2 is 0.759 bits per heavy atom. The van der Waals surface area contributed by atoms with Crippen molar-refractivity contribution >= 4 is 0 Å². The van der Waals surface area contributed by atoms with E-state index in [1.807, 2.05) is 0 Å². The van der Waals surface area contributed by atoms with Crippen molar-refractivity contribution in [3.63, 3.8) is 0 Å². The lowest BCUT2D eigenvalue weighted by Crippen LogP contribution is -2.60. The first-order valence-electron chi connectivity index (χ1n) is 25.7. The van der Waals surface area contributed by atoms with E-state index in [4.69, 9.17) is 18.9 Å². The summed E-state index contributed by atoms with van der Waals surface area (Å²) in [6.07, 6.45) is -10.3. The van der Waals surface area contributed by atoms with Crippen LogP contribution in [0, 0.1) is 0 Å². The molecule has 79 heavy (non-hydrogen) atoms. The third-order valence-corrected chi connectivity index (χ3v) is 16.6. The fourth-order valence-corrected chi connectivity index (χ4v) is 13.3. The molecule has 8 aromatic carbocycles. The summed E-state index contributed by atoms with van der Waals surface area (Å²) in [5, 5.41) is 147. The molecule has 402 valence electrons. The number of hydrogen-bond acceptors (Lipinski definition) is 17. The standard InChI is InChI=1S/C62H52O17/c63-25-46-57(73)58(74)59(75)62(79-46)76-37-23-41-52-45(24-37)78-61(29-7-15-33(67)16-8-29)56(52)39-18-35(69)21-43(72)50(39)48(27-3-11-31(65)12-4-27)54(41)53-40-19-36(70)22-44-51(40)55(60(77-44)28-5-13-32(66)14-6-28)38-17-34(68)20-42(71)49(38)47(53)26-1-9-30(64)10-2-26/h1-24,46-48,53-75H,25H2/t46-,47-,48-,53-,54-,55-,56-,57-,58+,59-,60+,61+,62-/m1/s1. The lowest BCUT2D eigenvalue weighted by atomic mass is 9.62. The molecular formula is C62H52O17. The monoisotopic (exact) mass is 1070 g/mol. The van der Waals surface area contributed by atoms with Gasteiger partial charge in [-0.15, -0.1) is 0 Å². The molecule has 13 rings (SSSR count). The van der Waals surface area contributed by atoms with Crippen LogP contribution in [0.2, 0.25) is 0 Å². The van der Waals surface area contributed by atoms with Gasteiger partial charge in [-0.3, -0.25) is 0 Å². The average Bonchev–Trinajstić information content (AvgIpc) is 3.99. The Kier molecular flexibility index (Phi) is 11.8. The van der Waals surface area contributed by atoms with E-state index in [1.54, 1.807) is 78.9 Å². The Morgan fingerprint density at radius 1 is 0.367 bits per heavy atom. The summed E-state index contributed by atoms with van der Waals surface area (Å²) in [7, 11) is 0. The van der Waals surface area contributed by atoms with Gasteiger partial charge in [-0.25, -0.2) is 0 Å². The molecule has 17 heteroatoms. The van der Waals surface area contributed by atoms with Crippen molar-refractivity contribution in [2.45, 2.75) is 78.4 Å². The predicted molar refractivity (Wildman–Crippen MR) is 281 cm³/mol. The lowest BCUT2D eigenvalue weighted by molar-refractivity contribution is -0.277. The van der Waals surface area contributed by atoms with E-state index in [2.05, 4.69) is 0 Å². The highest BCUT2D eigenvalue weighted by molar-refractivity contribution is 5.71. The molecule has 13 atom stereocenters. The largest absolute Gasteiger partial charge is 0.508 e. The first kappa shape index (κ1) is 49.7. The third-order valence-electron chi connectivity index (χ3n) is 16.6. The van der Waals surface area contributed by atoms with Crippen LogP contribution in [0.4, 0.5) is 0 Å². The number of fused-ring (bicyclic) bond motifs is 4. The zero-order chi connectivity index (χ0) is 54.9. The number of hydrogen-bond donors (Lipinski definition) is 13. The van der Waals surface area contributed by atoms with Gasteiger partial charge in [0.15, 0.2) is 0 Å². The van der Waals surface area contributed by atoms with Crippen LogP contribution in [0.1, 0.15) is 114 Å². The molecule has 0 bridgehead atoms. The first-order valence-corrected chi connectivity index (χ1v) is 25.7. The Morgan fingerprint density at radius 3 is 1.20 bits per heavy atom. The van der Waals surface area contributed by atoms with Gasteiger partial charge in [-0.2, -0.15) is 0 Å². The van der Waals surface area contributed by atoms with Crippen LogP contribution in [-0.4, -0.2) is 104 Å². The molecule has 0 amide bonds. The van der Waals surface area contributed by atoms with Gasteiger partial charge in [-0.1, -0.05) is 48.5 Å². The van der Waals surface area contributed by atoms with Crippen LogP contribution < -0.4 is 14.2 Å². The number of rotatable bonds is 8. The molecule has 8 aromatic rings. The van der Waals surface area contributed by atoms with E-state index in [0.717, 1.165) is 0 Å². The number of aliphatic hydroxyl groups is 4. The second-order valence-corrected chi connectivity index (χ2v) is 21.0. The molecule has 3 heterocycles. The maximum absolute atomic E-state index is 12.8. The molecule has 0 aromatic heterocycles. The average molecular weight is 1070 g/mol. The summed E-state index contributed by atoms with van der Waals surface area (Å²) in [4.78, 5) is 0. The molecule has 13 N–H and O–H groups in total. The van der Waals surface area contributed by atoms with Gasteiger partial charge in [0.05, 0.1) is 18.4 Å². The highest BCUT2D eigenvalue weighted by Crippen LogP contribution is 2.69. The normalized spacial score (nSPS) is 27.0. The lowest BCUT2D eigenvalue weighted by Gasteiger charge is -2.41. The van der Waals surface area contributed by atoms with E-state index < -0.39 is 85.0 Å². The van der Waals surface area contributed by atoms with E-state index in [-0.39, 0.29) is 69.0 Å². The molecule has 3 aliphatic heterocycles. The predicted octanol–water partition coefficient (Wildman–Crippen LogP) is 7.91. The van der Waals surface area contributed by atoms with Gasteiger partial charge < -0.3 is 85.3 Å². The molecule has 5 aliphatic rings. The molecule has 17 nitrogen and oxygen atoms in total. The highest BCUT2D eigenvalue weighted by atomic mass is 16.7. The van der Waals surface area contributed by atoms with Crippen LogP contribution in [0.15, 0.2) is 146 Å².